The van der Waals surface area contributed by atoms with Gasteiger partial charge in [-0.2, -0.15) is 20.1 Å². The number of hydrogen-bond acceptors (Lipinski definition) is 11. The van der Waals surface area contributed by atoms with Crippen molar-refractivity contribution in [3.8, 4) is 11.5 Å². The van der Waals surface area contributed by atoms with Gasteiger partial charge in [-0.3, -0.25) is 0 Å². The SMILES string of the molecule is COc1cc(OC(=O)c2cccc(Br)c2)ccc1/C=N\Nc1nc(N2CCCC2)nc(N2CCOCC2)n1. The monoisotopic (exact) mass is 581 g/mol. The molecule has 2 aliphatic heterocycles. The van der Waals surface area contributed by atoms with Crippen LogP contribution in [0.3, 0.4) is 0 Å². The van der Waals surface area contributed by atoms with Crippen LogP contribution in [0.4, 0.5) is 17.8 Å². The topological polar surface area (TPSA) is 114 Å². The molecule has 0 saturated carbocycles. The summed E-state index contributed by atoms with van der Waals surface area (Å²) in [4.78, 5) is 30.6. The standard InChI is InChI=1S/C26H28BrN7O4/c1-36-22-16-21(38-23(35)18-5-4-6-20(27)15-18)8-7-19(22)17-28-32-24-29-25(33-9-2-3-10-33)31-26(30-24)34-11-13-37-14-12-34/h4-8,15-17H,2-3,9-14H2,1H3,(H,29,30,31,32)/b28-17-. The minimum Gasteiger partial charge on any atom is -0.496 e. The summed E-state index contributed by atoms with van der Waals surface area (Å²) in [5.41, 5.74) is 4.06. The third-order valence-electron chi connectivity index (χ3n) is 6.14. The zero-order valence-electron chi connectivity index (χ0n) is 21.0. The molecule has 12 heteroatoms. The Morgan fingerprint density at radius 2 is 1.76 bits per heavy atom. The van der Waals surface area contributed by atoms with Crippen LogP contribution < -0.4 is 24.7 Å². The number of carbonyl (C=O) groups excluding carboxylic acids is 1. The summed E-state index contributed by atoms with van der Waals surface area (Å²) in [6, 6.07) is 12.1. The van der Waals surface area contributed by atoms with Gasteiger partial charge in [0.1, 0.15) is 11.5 Å². The summed E-state index contributed by atoms with van der Waals surface area (Å²) in [5, 5.41) is 4.34. The largest absolute Gasteiger partial charge is 0.496 e. The van der Waals surface area contributed by atoms with Gasteiger partial charge in [-0.05, 0) is 43.2 Å². The molecule has 0 bridgehead atoms. The average molecular weight is 582 g/mol. The van der Waals surface area contributed by atoms with Crippen LogP contribution in [0.1, 0.15) is 28.8 Å². The Morgan fingerprint density at radius 3 is 2.47 bits per heavy atom. The average Bonchev–Trinajstić information content (AvgIpc) is 3.49. The Hall–Kier alpha value is -3.77. The van der Waals surface area contributed by atoms with Gasteiger partial charge in [-0.25, -0.2) is 10.2 Å². The van der Waals surface area contributed by atoms with E-state index in [0.29, 0.717) is 53.7 Å². The van der Waals surface area contributed by atoms with E-state index in [1.807, 2.05) is 6.07 Å². The van der Waals surface area contributed by atoms with Crippen molar-refractivity contribution in [2.45, 2.75) is 12.8 Å². The van der Waals surface area contributed by atoms with Crippen molar-refractivity contribution in [2.75, 3.05) is 61.7 Å². The van der Waals surface area contributed by atoms with Crippen LogP contribution in [0, 0.1) is 0 Å². The molecule has 2 fully saturated rings. The molecule has 1 aromatic heterocycles. The van der Waals surface area contributed by atoms with Crippen molar-refractivity contribution < 1.29 is 19.0 Å². The number of aromatic nitrogens is 3. The van der Waals surface area contributed by atoms with E-state index >= 15 is 0 Å². The third kappa shape index (κ3) is 6.37. The number of carbonyl (C=O) groups is 1. The number of anilines is 3. The van der Waals surface area contributed by atoms with E-state index in [2.05, 4.69) is 46.2 Å². The lowest BCUT2D eigenvalue weighted by molar-refractivity contribution is 0.0734. The van der Waals surface area contributed by atoms with Crippen LogP contribution in [0.15, 0.2) is 52.0 Å². The number of benzene rings is 2. The van der Waals surface area contributed by atoms with Crippen molar-refractivity contribution in [1.29, 1.82) is 0 Å². The molecule has 0 radical (unpaired) electrons. The van der Waals surface area contributed by atoms with Gasteiger partial charge in [0.05, 0.1) is 32.1 Å². The molecule has 0 spiro atoms. The summed E-state index contributed by atoms with van der Waals surface area (Å²) >= 11 is 3.36. The first-order chi connectivity index (χ1) is 18.6. The molecule has 0 unspecified atom stereocenters. The summed E-state index contributed by atoms with van der Waals surface area (Å²) < 4.78 is 17.3. The second-order valence-corrected chi connectivity index (χ2v) is 9.64. The van der Waals surface area contributed by atoms with E-state index in [1.54, 1.807) is 49.7 Å². The minimum atomic E-state index is -0.462. The number of morpholine rings is 1. The Balaban J connectivity index is 1.30. The normalized spacial score (nSPS) is 15.6. The molecule has 0 amide bonds. The van der Waals surface area contributed by atoms with Crippen LogP contribution >= 0.6 is 15.9 Å². The Morgan fingerprint density at radius 1 is 1.03 bits per heavy atom. The van der Waals surface area contributed by atoms with Gasteiger partial charge in [0.2, 0.25) is 17.8 Å². The van der Waals surface area contributed by atoms with E-state index in [9.17, 15) is 4.79 Å². The highest BCUT2D eigenvalue weighted by Crippen LogP contribution is 2.25. The van der Waals surface area contributed by atoms with Crippen LogP contribution in [-0.4, -0.2) is 73.6 Å². The first-order valence-corrected chi connectivity index (χ1v) is 13.2. The maximum atomic E-state index is 12.5. The first kappa shape index (κ1) is 25.9. The summed E-state index contributed by atoms with van der Waals surface area (Å²) in [6.07, 6.45) is 3.84. The molecule has 0 atom stereocenters. The van der Waals surface area contributed by atoms with Gasteiger partial charge in [0.15, 0.2) is 0 Å². The fraction of sp³-hybridized carbons (Fsp3) is 0.346. The Kier molecular flexibility index (Phi) is 8.29. The van der Waals surface area contributed by atoms with Gasteiger partial charge < -0.3 is 24.0 Å². The van der Waals surface area contributed by atoms with E-state index in [-0.39, 0.29) is 0 Å². The van der Waals surface area contributed by atoms with E-state index in [1.165, 1.54) is 0 Å². The number of ether oxygens (including phenoxy) is 3. The number of hydrogen-bond donors (Lipinski definition) is 1. The molecule has 198 valence electrons. The molecule has 2 saturated heterocycles. The van der Waals surface area contributed by atoms with Gasteiger partial charge in [-0.1, -0.05) is 22.0 Å². The highest BCUT2D eigenvalue weighted by atomic mass is 79.9. The lowest BCUT2D eigenvalue weighted by Crippen LogP contribution is -2.38. The summed E-state index contributed by atoms with van der Waals surface area (Å²) in [6.45, 7) is 4.57. The molecule has 11 nitrogen and oxygen atoms in total. The second kappa shape index (κ2) is 12.2. The van der Waals surface area contributed by atoms with Crippen LogP contribution in [0.5, 0.6) is 11.5 Å². The van der Waals surface area contributed by atoms with E-state index in [0.717, 1.165) is 43.5 Å². The summed E-state index contributed by atoms with van der Waals surface area (Å²) in [7, 11) is 1.54. The number of hydrazone groups is 1. The second-order valence-electron chi connectivity index (χ2n) is 8.73. The van der Waals surface area contributed by atoms with Crippen molar-refractivity contribution >= 4 is 46.0 Å². The van der Waals surface area contributed by atoms with Crippen LogP contribution in [0.2, 0.25) is 0 Å². The van der Waals surface area contributed by atoms with Crippen LogP contribution in [0.25, 0.3) is 0 Å². The number of nitrogens with zero attached hydrogens (tertiary/aromatic N) is 6. The predicted octanol–water partition coefficient (Wildman–Crippen LogP) is 3.74. The van der Waals surface area contributed by atoms with Crippen LogP contribution in [-0.2, 0) is 4.74 Å². The Bertz CT molecular complexity index is 1310. The molecular formula is C26H28BrN7O4. The maximum Gasteiger partial charge on any atom is 0.343 e. The van der Waals surface area contributed by atoms with E-state index < -0.39 is 5.97 Å². The fourth-order valence-electron chi connectivity index (χ4n) is 4.17. The molecule has 0 aliphatic carbocycles. The van der Waals surface area contributed by atoms with Crippen molar-refractivity contribution in [2.24, 2.45) is 5.10 Å². The van der Waals surface area contributed by atoms with Gasteiger partial charge in [-0.15, -0.1) is 0 Å². The molecule has 1 N–H and O–H groups in total. The smallest absolute Gasteiger partial charge is 0.343 e. The lowest BCUT2D eigenvalue weighted by Gasteiger charge is -2.27. The molecule has 2 aliphatic rings. The molecule has 3 aromatic rings. The zero-order chi connectivity index (χ0) is 26.3. The van der Waals surface area contributed by atoms with Gasteiger partial charge in [0, 0.05) is 42.3 Å². The van der Waals surface area contributed by atoms with Crippen molar-refractivity contribution in [3.05, 3.63) is 58.1 Å². The highest BCUT2D eigenvalue weighted by molar-refractivity contribution is 9.10. The van der Waals surface area contributed by atoms with E-state index in [4.69, 9.17) is 19.2 Å². The minimum absolute atomic E-state index is 0.359. The van der Waals surface area contributed by atoms with Gasteiger partial charge >= 0.3 is 5.97 Å². The third-order valence-corrected chi connectivity index (χ3v) is 6.63. The molecule has 2 aromatic carbocycles. The van der Waals surface area contributed by atoms with Crippen molar-refractivity contribution in [3.63, 3.8) is 0 Å². The quantitative estimate of drug-likeness (QED) is 0.182. The number of esters is 1. The van der Waals surface area contributed by atoms with Crippen molar-refractivity contribution in [1.82, 2.24) is 15.0 Å². The fourth-order valence-corrected chi connectivity index (χ4v) is 4.57. The number of halogens is 1. The highest BCUT2D eigenvalue weighted by Gasteiger charge is 2.21. The molecule has 38 heavy (non-hydrogen) atoms. The summed E-state index contributed by atoms with van der Waals surface area (Å²) in [5.74, 6) is 2.01. The van der Waals surface area contributed by atoms with Gasteiger partial charge in [0.25, 0.3) is 0 Å². The number of nitrogens with one attached hydrogen (secondary N) is 1. The molecule has 5 rings (SSSR count). The molecule has 3 heterocycles. The number of methoxy groups -OCH3 is 1. The zero-order valence-corrected chi connectivity index (χ0v) is 22.6. The first-order valence-electron chi connectivity index (χ1n) is 12.4. The maximum absolute atomic E-state index is 12.5. The lowest BCUT2D eigenvalue weighted by atomic mass is 10.2. The Labute approximate surface area is 229 Å². The predicted molar refractivity (Wildman–Crippen MR) is 148 cm³/mol. The number of rotatable bonds is 8. The molecular weight excluding hydrogens is 554 g/mol.